The largest absolute Gasteiger partial charge is 0.406 e. The summed E-state index contributed by atoms with van der Waals surface area (Å²) in [4.78, 5) is 29.1. The Morgan fingerprint density at radius 1 is 1.33 bits per heavy atom. The lowest BCUT2D eigenvalue weighted by Gasteiger charge is -2.26. The molecule has 1 aliphatic carbocycles. The molecule has 138 valence electrons. The molecule has 1 aromatic carbocycles. The number of amides is 2. The predicted molar refractivity (Wildman–Crippen MR) is 93.2 cm³/mol. The van der Waals surface area contributed by atoms with Gasteiger partial charge < -0.3 is 5.32 Å². The summed E-state index contributed by atoms with van der Waals surface area (Å²) < 4.78 is 39.4. The molecule has 1 aromatic rings. The van der Waals surface area contributed by atoms with Gasteiger partial charge in [0.2, 0.25) is 12.1 Å². The maximum absolute atomic E-state index is 13.1. The zero-order valence-electron chi connectivity index (χ0n) is 14.2. The van der Waals surface area contributed by atoms with Crippen molar-refractivity contribution in [1.29, 1.82) is 0 Å². The number of allylic oxidation sites excluding steroid dienone is 4. The van der Waals surface area contributed by atoms with E-state index in [1.54, 1.807) is 30.4 Å². The van der Waals surface area contributed by atoms with Crippen LogP contribution in [0.5, 0.6) is 0 Å². The van der Waals surface area contributed by atoms with Crippen molar-refractivity contribution in [2.45, 2.75) is 19.3 Å². The van der Waals surface area contributed by atoms with Gasteiger partial charge in [0.05, 0.1) is 17.0 Å². The number of aliphatic imine (C=N–C) groups is 1. The number of alkyl halides is 3. The molecule has 0 aromatic heterocycles. The van der Waals surface area contributed by atoms with Crippen LogP contribution in [-0.2, 0) is 9.59 Å². The van der Waals surface area contributed by atoms with Gasteiger partial charge in [0.15, 0.2) is 0 Å². The summed E-state index contributed by atoms with van der Waals surface area (Å²) in [6.07, 6.45) is -1.17. The molecule has 8 heteroatoms. The minimum Gasteiger partial charge on any atom is -0.327 e. The van der Waals surface area contributed by atoms with Crippen LogP contribution < -0.4 is 10.2 Å². The van der Waals surface area contributed by atoms with E-state index in [0.717, 1.165) is 6.92 Å². The van der Waals surface area contributed by atoms with Crippen molar-refractivity contribution in [2.24, 2.45) is 4.99 Å². The summed E-state index contributed by atoms with van der Waals surface area (Å²) >= 11 is 0. The van der Waals surface area contributed by atoms with Crippen LogP contribution in [0.1, 0.15) is 12.5 Å². The van der Waals surface area contributed by atoms with Crippen molar-refractivity contribution in [3.8, 4) is 0 Å². The van der Waals surface area contributed by atoms with Gasteiger partial charge in [-0.3, -0.25) is 14.5 Å². The fraction of sp³-hybridized carbons (Fsp3) is 0.211. The Hall–Kier alpha value is -3.34. The summed E-state index contributed by atoms with van der Waals surface area (Å²) in [7, 11) is 0. The van der Waals surface area contributed by atoms with E-state index >= 15 is 0 Å². The van der Waals surface area contributed by atoms with Gasteiger partial charge in [-0.05, 0) is 18.2 Å². The van der Waals surface area contributed by atoms with Crippen molar-refractivity contribution >= 4 is 23.2 Å². The molecule has 27 heavy (non-hydrogen) atoms. The number of rotatable bonds is 3. The molecule has 2 aliphatic rings. The maximum Gasteiger partial charge on any atom is 0.406 e. The number of nitrogens with one attached hydrogen (secondary N) is 1. The van der Waals surface area contributed by atoms with Gasteiger partial charge in [0.1, 0.15) is 6.54 Å². The Morgan fingerprint density at radius 3 is 2.70 bits per heavy atom. The van der Waals surface area contributed by atoms with E-state index in [0.29, 0.717) is 16.0 Å². The number of benzene rings is 1. The maximum atomic E-state index is 13.1. The molecular formula is C19H14F3N3O2. The van der Waals surface area contributed by atoms with E-state index in [1.807, 2.05) is 0 Å². The minimum absolute atomic E-state index is 0.0590. The first-order valence-corrected chi connectivity index (χ1v) is 7.97. The number of hydrogen-bond acceptors (Lipinski definition) is 3. The second kappa shape index (κ2) is 7.11. The summed E-state index contributed by atoms with van der Waals surface area (Å²) in [5.74, 6) is -1.55. The molecule has 1 N–H and O–H groups in total. The number of benzodiazepines with no additional fused rings is 1. The minimum atomic E-state index is -4.62. The van der Waals surface area contributed by atoms with E-state index in [9.17, 15) is 22.8 Å². The van der Waals surface area contributed by atoms with Crippen molar-refractivity contribution in [3.63, 3.8) is 0 Å². The van der Waals surface area contributed by atoms with Crippen molar-refractivity contribution < 1.29 is 22.8 Å². The Labute approximate surface area is 152 Å². The average Bonchev–Trinajstić information content (AvgIpc) is 2.72. The summed E-state index contributed by atoms with van der Waals surface area (Å²) in [5, 5.41) is 2.31. The van der Waals surface area contributed by atoms with E-state index in [2.05, 4.69) is 21.8 Å². The molecule has 0 fully saturated rings. The molecular weight excluding hydrogens is 359 g/mol. The lowest BCUT2D eigenvalue weighted by atomic mass is 9.99. The number of hydrogen-bond donors (Lipinski definition) is 1. The first-order valence-electron chi connectivity index (χ1n) is 7.97. The first-order chi connectivity index (χ1) is 12.8. The van der Waals surface area contributed by atoms with Gasteiger partial charge in [0, 0.05) is 12.5 Å². The number of halogens is 3. The van der Waals surface area contributed by atoms with Gasteiger partial charge in [-0.15, -0.1) is 0 Å². The zero-order chi connectivity index (χ0) is 19.6. The third-order valence-electron chi connectivity index (χ3n) is 3.79. The van der Waals surface area contributed by atoms with Crippen LogP contribution >= 0.6 is 0 Å². The predicted octanol–water partition coefficient (Wildman–Crippen LogP) is 2.65. The number of para-hydroxylation sites is 1. The molecule has 3 rings (SSSR count). The summed E-state index contributed by atoms with van der Waals surface area (Å²) in [6.45, 7) is -0.330. The molecule has 1 unspecified atom stereocenters. The second-order valence-electron chi connectivity index (χ2n) is 5.85. The Morgan fingerprint density at radius 2 is 2.07 bits per heavy atom. The smallest absolute Gasteiger partial charge is 0.327 e. The molecule has 1 atom stereocenters. The standard InChI is InChI=1S/C19H14F3N3O2/c1-12(26)23-17-18(27)25(11-19(20,21)22)15-10-6-5-9-14(15)16(24-17)13-7-3-2-4-8-13/h2-3,5-7,9-10,17H,11H2,1H3,(H,23,26). The van der Waals surface area contributed by atoms with Crippen molar-refractivity contribution in [1.82, 2.24) is 5.32 Å². The van der Waals surface area contributed by atoms with Crippen LogP contribution in [0.15, 0.2) is 64.5 Å². The number of anilines is 1. The third-order valence-corrected chi connectivity index (χ3v) is 3.79. The van der Waals surface area contributed by atoms with Gasteiger partial charge in [0.25, 0.3) is 5.91 Å². The van der Waals surface area contributed by atoms with Crippen LogP contribution in [0.4, 0.5) is 18.9 Å². The molecule has 5 nitrogen and oxygen atoms in total. The Balaban J connectivity index is 2.22. The SMILES string of the molecule is CC(=O)NC1N=C(C2=C=C=CC=C2)c2ccccc2N(CC(F)(F)F)C1=O. The molecule has 2 amide bonds. The highest BCUT2D eigenvalue weighted by molar-refractivity contribution is 6.21. The monoisotopic (exact) mass is 373 g/mol. The number of carbonyl (C=O) groups excluding carboxylic acids is 2. The lowest BCUT2D eigenvalue weighted by Crippen LogP contribution is -2.49. The molecule has 0 radical (unpaired) electrons. The molecule has 0 bridgehead atoms. The fourth-order valence-corrected chi connectivity index (χ4v) is 2.76. The van der Waals surface area contributed by atoms with Crippen molar-refractivity contribution in [3.05, 3.63) is 65.1 Å². The van der Waals surface area contributed by atoms with Crippen LogP contribution in [-0.4, -0.2) is 36.4 Å². The summed E-state index contributed by atoms with van der Waals surface area (Å²) in [5.41, 5.74) is 6.68. The highest BCUT2D eigenvalue weighted by Crippen LogP contribution is 2.31. The van der Waals surface area contributed by atoms with E-state index in [1.165, 1.54) is 12.1 Å². The molecule has 1 aliphatic heterocycles. The van der Waals surface area contributed by atoms with Gasteiger partial charge >= 0.3 is 6.18 Å². The van der Waals surface area contributed by atoms with Crippen LogP contribution in [0.3, 0.4) is 0 Å². The highest BCUT2D eigenvalue weighted by atomic mass is 19.4. The fourth-order valence-electron chi connectivity index (χ4n) is 2.76. The second-order valence-corrected chi connectivity index (χ2v) is 5.85. The number of carbonyl (C=O) groups is 2. The van der Waals surface area contributed by atoms with E-state index in [4.69, 9.17) is 0 Å². The topological polar surface area (TPSA) is 61.8 Å². The molecule has 0 saturated carbocycles. The normalized spacial score (nSPS) is 18.6. The van der Waals surface area contributed by atoms with Gasteiger partial charge in [-0.2, -0.15) is 13.2 Å². The highest BCUT2D eigenvalue weighted by Gasteiger charge is 2.39. The van der Waals surface area contributed by atoms with Gasteiger partial charge in [-0.25, -0.2) is 4.99 Å². The summed E-state index contributed by atoms with van der Waals surface area (Å²) in [6, 6.07) is 6.15. The van der Waals surface area contributed by atoms with Gasteiger partial charge in [-0.1, -0.05) is 35.7 Å². The molecule has 0 saturated heterocycles. The van der Waals surface area contributed by atoms with E-state index < -0.39 is 30.7 Å². The van der Waals surface area contributed by atoms with Crippen LogP contribution in [0.25, 0.3) is 0 Å². The first kappa shape index (κ1) is 18.5. The number of fused-ring (bicyclic) bond motifs is 1. The van der Waals surface area contributed by atoms with Crippen LogP contribution in [0.2, 0.25) is 0 Å². The molecule has 0 spiro atoms. The number of nitrogens with zero attached hydrogens (tertiary/aromatic N) is 2. The van der Waals surface area contributed by atoms with E-state index in [-0.39, 0.29) is 11.4 Å². The van der Waals surface area contributed by atoms with Crippen molar-refractivity contribution in [2.75, 3.05) is 11.4 Å². The molecule has 1 heterocycles. The Kier molecular flexibility index (Phi) is 4.86. The third kappa shape index (κ3) is 4.08. The average molecular weight is 373 g/mol. The Bertz CT molecular complexity index is 963. The lowest BCUT2D eigenvalue weighted by molar-refractivity contribution is -0.134. The zero-order valence-corrected chi connectivity index (χ0v) is 14.2. The quantitative estimate of drug-likeness (QED) is 0.828. The van der Waals surface area contributed by atoms with Crippen LogP contribution in [0, 0.1) is 0 Å².